The third-order valence-electron chi connectivity index (χ3n) is 3.04. The molecule has 0 aromatic carbocycles. The highest BCUT2D eigenvalue weighted by atomic mass is 19.4. The van der Waals surface area contributed by atoms with Crippen LogP contribution in [0.2, 0.25) is 0 Å². The Hall–Kier alpha value is -0.740. The minimum atomic E-state index is -4.19. The molecular formula is C9H12F3O2-. The number of hydrogen-bond donors (Lipinski definition) is 0. The molecule has 5 heteroatoms. The van der Waals surface area contributed by atoms with E-state index in [0.717, 1.165) is 0 Å². The lowest BCUT2D eigenvalue weighted by molar-refractivity contribution is -0.321. The van der Waals surface area contributed by atoms with Gasteiger partial charge in [0.25, 0.3) is 0 Å². The number of rotatable bonds is 1. The number of carbonyl (C=O) groups excluding carboxylic acids is 1. The van der Waals surface area contributed by atoms with Crippen LogP contribution in [-0.4, -0.2) is 12.1 Å². The zero-order valence-electron chi connectivity index (χ0n) is 7.86. The molecule has 0 amide bonds. The summed E-state index contributed by atoms with van der Waals surface area (Å²) in [4.78, 5) is 10.6. The second kappa shape index (κ2) is 3.44. The SMILES string of the molecule is CC1(C(=O)[O-])CCC(C(F)(F)F)CC1. The van der Waals surface area contributed by atoms with Gasteiger partial charge in [-0.2, -0.15) is 13.2 Å². The number of alkyl halides is 3. The molecule has 1 fully saturated rings. The zero-order chi connectivity index (χ0) is 11.0. The van der Waals surface area contributed by atoms with Crippen LogP contribution >= 0.6 is 0 Å². The van der Waals surface area contributed by atoms with Gasteiger partial charge in [-0.25, -0.2) is 0 Å². The first-order valence-electron chi connectivity index (χ1n) is 4.54. The van der Waals surface area contributed by atoms with Gasteiger partial charge in [-0.3, -0.25) is 0 Å². The summed E-state index contributed by atoms with van der Waals surface area (Å²) in [6.07, 6.45) is -4.28. The predicted octanol–water partition coefficient (Wildman–Crippen LogP) is 1.50. The molecule has 1 aliphatic carbocycles. The van der Waals surface area contributed by atoms with Crippen molar-refractivity contribution in [2.24, 2.45) is 11.3 Å². The van der Waals surface area contributed by atoms with E-state index in [2.05, 4.69) is 0 Å². The molecule has 0 saturated heterocycles. The lowest BCUT2D eigenvalue weighted by Gasteiger charge is -2.38. The molecule has 0 aliphatic heterocycles. The van der Waals surface area contributed by atoms with Crippen LogP contribution in [0.3, 0.4) is 0 Å². The second-order valence-electron chi connectivity index (χ2n) is 4.16. The molecule has 0 heterocycles. The Balaban J connectivity index is 2.59. The monoisotopic (exact) mass is 209 g/mol. The van der Waals surface area contributed by atoms with Gasteiger partial charge < -0.3 is 9.90 Å². The van der Waals surface area contributed by atoms with Crippen LogP contribution in [0.5, 0.6) is 0 Å². The van der Waals surface area contributed by atoms with E-state index >= 15 is 0 Å². The molecule has 0 aromatic rings. The molecule has 0 unspecified atom stereocenters. The first-order valence-corrected chi connectivity index (χ1v) is 4.54. The van der Waals surface area contributed by atoms with Crippen molar-refractivity contribution in [1.29, 1.82) is 0 Å². The van der Waals surface area contributed by atoms with Crippen LogP contribution in [0.15, 0.2) is 0 Å². The third-order valence-corrected chi connectivity index (χ3v) is 3.04. The summed E-state index contributed by atoms with van der Waals surface area (Å²) >= 11 is 0. The van der Waals surface area contributed by atoms with E-state index in [0.29, 0.717) is 0 Å². The maximum Gasteiger partial charge on any atom is 0.391 e. The average Bonchev–Trinajstić information content (AvgIpc) is 2.03. The summed E-state index contributed by atoms with van der Waals surface area (Å²) in [5, 5.41) is 10.6. The highest BCUT2D eigenvalue weighted by molar-refractivity contribution is 5.71. The molecule has 0 atom stereocenters. The number of carboxylic acids is 1. The summed E-state index contributed by atoms with van der Waals surface area (Å²) in [6, 6.07) is 0. The second-order valence-corrected chi connectivity index (χ2v) is 4.16. The van der Waals surface area contributed by atoms with Crippen LogP contribution in [0, 0.1) is 11.3 Å². The van der Waals surface area contributed by atoms with Crippen molar-refractivity contribution in [3.05, 3.63) is 0 Å². The molecule has 0 radical (unpaired) electrons. The Morgan fingerprint density at radius 3 is 2.07 bits per heavy atom. The highest BCUT2D eigenvalue weighted by Gasteiger charge is 2.44. The molecule has 0 spiro atoms. The van der Waals surface area contributed by atoms with Gasteiger partial charge in [-0.1, -0.05) is 6.92 Å². The number of hydrogen-bond acceptors (Lipinski definition) is 2. The Morgan fingerprint density at radius 2 is 1.79 bits per heavy atom. The van der Waals surface area contributed by atoms with E-state index in [1.54, 1.807) is 0 Å². The number of aliphatic carboxylic acids is 1. The van der Waals surface area contributed by atoms with Crippen LogP contribution in [0.25, 0.3) is 0 Å². The van der Waals surface area contributed by atoms with Gasteiger partial charge in [0.2, 0.25) is 0 Å². The summed E-state index contributed by atoms with van der Waals surface area (Å²) in [6.45, 7) is 1.45. The normalized spacial score (nSPS) is 34.1. The fraction of sp³-hybridized carbons (Fsp3) is 0.889. The molecular weight excluding hydrogens is 197 g/mol. The Kier molecular flexibility index (Phi) is 2.78. The van der Waals surface area contributed by atoms with Crippen molar-refractivity contribution < 1.29 is 23.1 Å². The Morgan fingerprint density at radius 1 is 1.36 bits per heavy atom. The van der Waals surface area contributed by atoms with Crippen molar-refractivity contribution in [3.63, 3.8) is 0 Å². The summed E-state index contributed by atoms with van der Waals surface area (Å²) < 4.78 is 36.7. The average molecular weight is 209 g/mol. The minimum absolute atomic E-state index is 0.0551. The number of carbonyl (C=O) groups is 1. The van der Waals surface area contributed by atoms with Crippen LogP contribution in [-0.2, 0) is 4.79 Å². The lowest BCUT2D eigenvalue weighted by atomic mass is 9.71. The fourth-order valence-electron chi connectivity index (χ4n) is 1.79. The standard InChI is InChI=1S/C9H13F3O2/c1-8(7(13)14)4-2-6(3-5-8)9(10,11)12/h6H,2-5H2,1H3,(H,13,14)/p-1. The molecule has 0 aromatic heterocycles. The molecule has 2 nitrogen and oxygen atoms in total. The van der Waals surface area contributed by atoms with E-state index in [9.17, 15) is 23.1 Å². The molecule has 0 bridgehead atoms. The molecule has 82 valence electrons. The molecule has 1 saturated carbocycles. The van der Waals surface area contributed by atoms with Crippen molar-refractivity contribution >= 4 is 5.97 Å². The van der Waals surface area contributed by atoms with E-state index in [-0.39, 0.29) is 25.7 Å². The molecule has 1 rings (SSSR count). The number of halogens is 3. The van der Waals surface area contributed by atoms with Gasteiger partial charge in [-0.05, 0) is 25.7 Å². The molecule has 0 N–H and O–H groups in total. The minimum Gasteiger partial charge on any atom is -0.550 e. The zero-order valence-corrected chi connectivity index (χ0v) is 7.86. The smallest absolute Gasteiger partial charge is 0.391 e. The maximum absolute atomic E-state index is 12.2. The first-order chi connectivity index (χ1) is 6.26. The largest absolute Gasteiger partial charge is 0.550 e. The van der Waals surface area contributed by atoms with Crippen LogP contribution in [0.1, 0.15) is 32.6 Å². The van der Waals surface area contributed by atoms with E-state index in [1.165, 1.54) is 6.92 Å². The van der Waals surface area contributed by atoms with Crippen molar-refractivity contribution in [1.82, 2.24) is 0 Å². The molecule has 14 heavy (non-hydrogen) atoms. The van der Waals surface area contributed by atoms with Gasteiger partial charge >= 0.3 is 6.18 Å². The first kappa shape index (κ1) is 11.3. The topological polar surface area (TPSA) is 40.1 Å². The number of carboxylic acid groups (broad SMARTS) is 1. The Bertz CT molecular complexity index is 227. The van der Waals surface area contributed by atoms with Gasteiger partial charge in [0.1, 0.15) is 0 Å². The maximum atomic E-state index is 12.2. The van der Waals surface area contributed by atoms with E-state index < -0.39 is 23.5 Å². The molecule has 1 aliphatic rings. The quantitative estimate of drug-likeness (QED) is 0.656. The van der Waals surface area contributed by atoms with Gasteiger partial charge in [0, 0.05) is 11.4 Å². The van der Waals surface area contributed by atoms with Gasteiger partial charge in [0.15, 0.2) is 0 Å². The Labute approximate surface area is 80.1 Å². The van der Waals surface area contributed by atoms with Gasteiger partial charge in [-0.15, -0.1) is 0 Å². The van der Waals surface area contributed by atoms with Gasteiger partial charge in [0.05, 0.1) is 5.92 Å². The van der Waals surface area contributed by atoms with Crippen molar-refractivity contribution in [2.45, 2.75) is 38.8 Å². The fourth-order valence-corrected chi connectivity index (χ4v) is 1.79. The van der Waals surface area contributed by atoms with E-state index in [1.807, 2.05) is 0 Å². The highest BCUT2D eigenvalue weighted by Crippen LogP contribution is 2.44. The van der Waals surface area contributed by atoms with E-state index in [4.69, 9.17) is 0 Å². The predicted molar refractivity (Wildman–Crippen MR) is 41.1 cm³/mol. The summed E-state index contributed by atoms with van der Waals surface area (Å²) in [7, 11) is 0. The lowest BCUT2D eigenvalue weighted by Crippen LogP contribution is -2.44. The summed E-state index contributed by atoms with van der Waals surface area (Å²) in [5.74, 6) is -2.58. The van der Waals surface area contributed by atoms with Crippen LogP contribution in [0.4, 0.5) is 13.2 Å². The third kappa shape index (κ3) is 2.19. The van der Waals surface area contributed by atoms with Crippen molar-refractivity contribution in [2.75, 3.05) is 0 Å². The summed E-state index contributed by atoms with van der Waals surface area (Å²) in [5.41, 5.74) is -1.07. The van der Waals surface area contributed by atoms with Crippen LogP contribution < -0.4 is 5.11 Å². The van der Waals surface area contributed by atoms with Crippen molar-refractivity contribution in [3.8, 4) is 0 Å².